The Balaban J connectivity index is 2.22. The number of likely N-dealkylation sites (tertiary alicyclic amines) is 1. The highest BCUT2D eigenvalue weighted by molar-refractivity contribution is 9.09. The van der Waals surface area contributed by atoms with Gasteiger partial charge in [0.25, 0.3) is 0 Å². The normalized spacial score (nSPS) is 21.0. The van der Waals surface area contributed by atoms with Crippen molar-refractivity contribution in [2.45, 2.75) is 32.6 Å². The highest BCUT2D eigenvalue weighted by Crippen LogP contribution is 2.20. The summed E-state index contributed by atoms with van der Waals surface area (Å²) in [6, 6.07) is 0. The van der Waals surface area contributed by atoms with Gasteiger partial charge in [-0.1, -0.05) is 29.3 Å². The topological polar surface area (TPSA) is 6.48 Å². The van der Waals surface area contributed by atoms with E-state index in [1.807, 2.05) is 0 Å². The van der Waals surface area contributed by atoms with Gasteiger partial charge in [0.15, 0.2) is 0 Å². The summed E-state index contributed by atoms with van der Waals surface area (Å²) in [7, 11) is 4.38. The number of halogens is 1. The van der Waals surface area contributed by atoms with Gasteiger partial charge >= 0.3 is 0 Å². The maximum Gasteiger partial charge on any atom is 0.00718 e. The molecular formula is C14H29BrN2. The molecule has 1 atom stereocenters. The van der Waals surface area contributed by atoms with Crippen molar-refractivity contribution in [2.24, 2.45) is 11.8 Å². The quantitative estimate of drug-likeness (QED) is 0.667. The Kier molecular flexibility index (Phi) is 7.72. The van der Waals surface area contributed by atoms with E-state index in [-0.39, 0.29) is 0 Å². The molecule has 1 unspecified atom stereocenters. The predicted molar refractivity (Wildman–Crippen MR) is 79.9 cm³/mol. The van der Waals surface area contributed by atoms with Crippen LogP contribution in [0.25, 0.3) is 0 Å². The molecule has 0 aromatic heterocycles. The first kappa shape index (κ1) is 15.5. The van der Waals surface area contributed by atoms with Crippen LogP contribution in [0.15, 0.2) is 0 Å². The van der Waals surface area contributed by atoms with Crippen LogP contribution in [0.1, 0.15) is 32.6 Å². The molecule has 0 aromatic rings. The largest absolute Gasteiger partial charge is 0.309 e. The Morgan fingerprint density at radius 1 is 1.29 bits per heavy atom. The Labute approximate surface area is 116 Å². The van der Waals surface area contributed by atoms with Crippen molar-refractivity contribution in [1.82, 2.24) is 9.80 Å². The van der Waals surface area contributed by atoms with E-state index in [1.165, 1.54) is 57.2 Å². The zero-order chi connectivity index (χ0) is 12.7. The van der Waals surface area contributed by atoms with Crippen molar-refractivity contribution >= 4 is 15.9 Å². The fraction of sp³-hybridized carbons (Fsp3) is 1.00. The molecule has 0 aromatic carbocycles. The summed E-state index contributed by atoms with van der Waals surface area (Å²) < 4.78 is 0. The van der Waals surface area contributed by atoms with Crippen molar-refractivity contribution in [3.8, 4) is 0 Å². The highest BCUT2D eigenvalue weighted by atomic mass is 79.9. The summed E-state index contributed by atoms with van der Waals surface area (Å²) in [5.41, 5.74) is 0. The van der Waals surface area contributed by atoms with Gasteiger partial charge in [0, 0.05) is 18.4 Å². The molecule has 0 saturated carbocycles. The minimum absolute atomic E-state index is 0.852. The second kappa shape index (κ2) is 8.49. The third-order valence-corrected chi connectivity index (χ3v) is 4.68. The monoisotopic (exact) mass is 304 g/mol. The summed E-state index contributed by atoms with van der Waals surface area (Å²) in [4.78, 5) is 5.01. The van der Waals surface area contributed by atoms with Crippen LogP contribution in [0.5, 0.6) is 0 Å². The van der Waals surface area contributed by atoms with Crippen molar-refractivity contribution in [3.05, 3.63) is 0 Å². The van der Waals surface area contributed by atoms with E-state index in [2.05, 4.69) is 46.7 Å². The second-order valence-corrected chi connectivity index (χ2v) is 6.46. The molecule has 0 aliphatic carbocycles. The summed E-state index contributed by atoms with van der Waals surface area (Å²) >= 11 is 3.65. The fourth-order valence-corrected chi connectivity index (χ4v) is 3.39. The van der Waals surface area contributed by atoms with Gasteiger partial charge in [0.2, 0.25) is 0 Å². The number of hydrogen-bond donors (Lipinski definition) is 0. The van der Waals surface area contributed by atoms with Crippen LogP contribution in [-0.2, 0) is 0 Å². The van der Waals surface area contributed by atoms with Gasteiger partial charge in [-0.25, -0.2) is 0 Å². The van der Waals surface area contributed by atoms with Gasteiger partial charge in [-0.3, -0.25) is 0 Å². The zero-order valence-electron chi connectivity index (χ0n) is 11.8. The summed E-state index contributed by atoms with van der Waals surface area (Å²) in [5, 5.41) is 1.17. The van der Waals surface area contributed by atoms with Gasteiger partial charge in [-0.2, -0.15) is 0 Å². The lowest BCUT2D eigenvalue weighted by Crippen LogP contribution is -2.39. The van der Waals surface area contributed by atoms with Gasteiger partial charge in [0.1, 0.15) is 0 Å². The summed E-state index contributed by atoms with van der Waals surface area (Å²) in [5.74, 6) is 1.78. The lowest BCUT2D eigenvalue weighted by atomic mass is 9.95. The van der Waals surface area contributed by atoms with Gasteiger partial charge in [0.05, 0.1) is 0 Å². The zero-order valence-corrected chi connectivity index (χ0v) is 13.4. The smallest absolute Gasteiger partial charge is 0.00718 e. The Bertz CT molecular complexity index is 189. The van der Waals surface area contributed by atoms with E-state index in [0.29, 0.717) is 0 Å². The Morgan fingerprint density at radius 3 is 2.41 bits per heavy atom. The molecule has 2 nitrogen and oxygen atoms in total. The number of alkyl halides is 1. The molecule has 0 spiro atoms. The average Bonchev–Trinajstić information content (AvgIpc) is 2.30. The van der Waals surface area contributed by atoms with E-state index in [0.717, 1.165) is 11.8 Å². The van der Waals surface area contributed by atoms with Crippen molar-refractivity contribution < 1.29 is 0 Å². The maximum atomic E-state index is 3.65. The summed E-state index contributed by atoms with van der Waals surface area (Å²) in [6.07, 6.45) is 5.45. The maximum absolute atomic E-state index is 3.65. The third kappa shape index (κ3) is 6.21. The number of rotatable bonds is 7. The predicted octanol–water partition coefficient (Wildman–Crippen LogP) is 3.07. The number of piperidine rings is 1. The molecule has 1 fully saturated rings. The molecule has 1 saturated heterocycles. The minimum atomic E-state index is 0.852. The molecule has 3 heteroatoms. The highest BCUT2D eigenvalue weighted by Gasteiger charge is 2.21. The van der Waals surface area contributed by atoms with Crippen LogP contribution in [0.4, 0.5) is 0 Å². The Morgan fingerprint density at radius 2 is 1.94 bits per heavy atom. The second-order valence-electron chi connectivity index (χ2n) is 5.82. The van der Waals surface area contributed by atoms with Gasteiger partial charge in [-0.05, 0) is 58.3 Å². The van der Waals surface area contributed by atoms with Crippen LogP contribution < -0.4 is 0 Å². The SMILES string of the molecule is CCCC(CBr)CN1CCC(CN(C)C)CC1. The summed E-state index contributed by atoms with van der Waals surface area (Å²) in [6.45, 7) is 7.48. The lowest BCUT2D eigenvalue weighted by molar-refractivity contribution is 0.146. The standard InChI is InChI=1S/C14H29BrN2/c1-4-5-14(10-15)12-17-8-6-13(7-9-17)11-16(2)3/h13-14H,4-12H2,1-3H3. The molecule has 1 heterocycles. The van der Waals surface area contributed by atoms with Crippen LogP contribution in [0, 0.1) is 11.8 Å². The van der Waals surface area contributed by atoms with Crippen LogP contribution >= 0.6 is 15.9 Å². The average molecular weight is 305 g/mol. The van der Waals surface area contributed by atoms with E-state index >= 15 is 0 Å². The van der Waals surface area contributed by atoms with Crippen LogP contribution in [-0.4, -0.2) is 55.4 Å². The van der Waals surface area contributed by atoms with E-state index < -0.39 is 0 Å². The first-order chi connectivity index (χ1) is 8.15. The minimum Gasteiger partial charge on any atom is -0.309 e. The number of nitrogens with zero attached hydrogens (tertiary/aromatic N) is 2. The fourth-order valence-electron chi connectivity index (χ4n) is 2.86. The van der Waals surface area contributed by atoms with Gasteiger partial charge in [-0.15, -0.1) is 0 Å². The van der Waals surface area contributed by atoms with Crippen molar-refractivity contribution in [3.63, 3.8) is 0 Å². The van der Waals surface area contributed by atoms with Crippen molar-refractivity contribution in [1.29, 1.82) is 0 Å². The first-order valence-corrected chi connectivity index (χ1v) is 8.20. The van der Waals surface area contributed by atoms with E-state index in [1.54, 1.807) is 0 Å². The molecule has 0 N–H and O–H groups in total. The van der Waals surface area contributed by atoms with Crippen molar-refractivity contribution in [2.75, 3.05) is 45.6 Å². The molecule has 17 heavy (non-hydrogen) atoms. The molecule has 0 radical (unpaired) electrons. The van der Waals surface area contributed by atoms with Crippen LogP contribution in [0.3, 0.4) is 0 Å². The molecule has 1 aliphatic rings. The Hall–Kier alpha value is 0.400. The van der Waals surface area contributed by atoms with Gasteiger partial charge < -0.3 is 9.80 Å². The number of hydrogen-bond acceptors (Lipinski definition) is 2. The molecule has 1 rings (SSSR count). The van der Waals surface area contributed by atoms with Crippen LogP contribution in [0.2, 0.25) is 0 Å². The molecule has 0 bridgehead atoms. The molecule has 1 aliphatic heterocycles. The molecule has 0 amide bonds. The molecular weight excluding hydrogens is 276 g/mol. The first-order valence-electron chi connectivity index (χ1n) is 7.08. The van der Waals surface area contributed by atoms with E-state index in [9.17, 15) is 0 Å². The third-order valence-electron chi connectivity index (χ3n) is 3.76. The van der Waals surface area contributed by atoms with E-state index in [4.69, 9.17) is 0 Å². The molecule has 102 valence electrons. The lowest BCUT2D eigenvalue weighted by Gasteiger charge is -2.34.